The van der Waals surface area contributed by atoms with Crippen LogP contribution in [-0.2, 0) is 0 Å². The Bertz CT molecular complexity index is 208. The van der Waals surface area contributed by atoms with E-state index < -0.39 is 0 Å². The lowest BCUT2D eigenvalue weighted by Crippen LogP contribution is -2.50. The zero-order valence-electron chi connectivity index (χ0n) is 11.6. The SMILES string of the molecule is CCCN1CCN(C(C)CCNC2CC2)CC1. The molecule has 2 rings (SSSR count). The number of piperazine rings is 1. The van der Waals surface area contributed by atoms with Gasteiger partial charge in [-0.3, -0.25) is 4.90 Å². The van der Waals surface area contributed by atoms with Crippen LogP contribution in [0.2, 0.25) is 0 Å². The summed E-state index contributed by atoms with van der Waals surface area (Å²) >= 11 is 0. The fourth-order valence-corrected chi connectivity index (χ4v) is 2.71. The van der Waals surface area contributed by atoms with Crippen LogP contribution in [0.1, 0.15) is 39.5 Å². The van der Waals surface area contributed by atoms with E-state index in [4.69, 9.17) is 0 Å². The number of hydrogen-bond acceptors (Lipinski definition) is 3. The Morgan fingerprint density at radius 3 is 2.47 bits per heavy atom. The number of nitrogens with one attached hydrogen (secondary N) is 1. The van der Waals surface area contributed by atoms with Crippen LogP contribution in [0.25, 0.3) is 0 Å². The molecule has 3 nitrogen and oxygen atoms in total. The van der Waals surface area contributed by atoms with Crippen molar-refractivity contribution in [1.29, 1.82) is 0 Å². The van der Waals surface area contributed by atoms with Gasteiger partial charge in [-0.25, -0.2) is 0 Å². The van der Waals surface area contributed by atoms with Crippen LogP contribution in [0, 0.1) is 0 Å². The first-order chi connectivity index (χ1) is 8.29. The molecule has 1 atom stereocenters. The van der Waals surface area contributed by atoms with E-state index >= 15 is 0 Å². The lowest BCUT2D eigenvalue weighted by molar-refractivity contribution is 0.0988. The van der Waals surface area contributed by atoms with Crippen molar-refractivity contribution in [3.05, 3.63) is 0 Å². The van der Waals surface area contributed by atoms with Crippen LogP contribution in [0.4, 0.5) is 0 Å². The van der Waals surface area contributed by atoms with Gasteiger partial charge in [0.1, 0.15) is 0 Å². The topological polar surface area (TPSA) is 18.5 Å². The van der Waals surface area contributed by atoms with Gasteiger partial charge in [0.05, 0.1) is 0 Å². The zero-order valence-corrected chi connectivity index (χ0v) is 11.6. The molecule has 1 aliphatic carbocycles. The molecule has 0 aromatic rings. The van der Waals surface area contributed by atoms with E-state index in [0.717, 1.165) is 12.1 Å². The standard InChI is InChI=1S/C14H29N3/c1-3-8-16-9-11-17(12-10-16)13(2)6-7-15-14-4-5-14/h13-15H,3-12H2,1-2H3. The van der Waals surface area contributed by atoms with Gasteiger partial charge in [-0.15, -0.1) is 0 Å². The molecule has 3 heteroatoms. The monoisotopic (exact) mass is 239 g/mol. The van der Waals surface area contributed by atoms with Crippen molar-refractivity contribution >= 4 is 0 Å². The summed E-state index contributed by atoms with van der Waals surface area (Å²) < 4.78 is 0. The fourth-order valence-electron chi connectivity index (χ4n) is 2.71. The molecule has 0 aromatic carbocycles. The lowest BCUT2D eigenvalue weighted by atomic mass is 10.1. The summed E-state index contributed by atoms with van der Waals surface area (Å²) in [6.07, 6.45) is 5.42. The van der Waals surface area contributed by atoms with Crippen molar-refractivity contribution in [2.45, 2.75) is 51.6 Å². The molecule has 1 aliphatic heterocycles. The minimum Gasteiger partial charge on any atom is -0.314 e. The summed E-state index contributed by atoms with van der Waals surface area (Å²) in [4.78, 5) is 5.27. The summed E-state index contributed by atoms with van der Waals surface area (Å²) in [6.45, 7) is 12.2. The highest BCUT2D eigenvalue weighted by molar-refractivity contribution is 4.82. The van der Waals surface area contributed by atoms with E-state index in [1.165, 1.54) is 65.0 Å². The van der Waals surface area contributed by atoms with Gasteiger partial charge in [0.15, 0.2) is 0 Å². The molecule has 1 N–H and O–H groups in total. The highest BCUT2D eigenvalue weighted by atomic mass is 15.3. The number of rotatable bonds is 7. The summed E-state index contributed by atoms with van der Waals surface area (Å²) in [6, 6.07) is 1.62. The predicted octanol–water partition coefficient (Wildman–Crippen LogP) is 1.54. The maximum absolute atomic E-state index is 3.62. The summed E-state index contributed by atoms with van der Waals surface area (Å²) in [7, 11) is 0. The van der Waals surface area contributed by atoms with Crippen molar-refractivity contribution in [3.63, 3.8) is 0 Å². The molecule has 0 aromatic heterocycles. The Labute approximate surface area is 107 Å². The van der Waals surface area contributed by atoms with Gasteiger partial charge in [-0.2, -0.15) is 0 Å². The molecular weight excluding hydrogens is 210 g/mol. The number of hydrogen-bond donors (Lipinski definition) is 1. The van der Waals surface area contributed by atoms with Gasteiger partial charge in [-0.1, -0.05) is 6.92 Å². The second-order valence-corrected chi connectivity index (χ2v) is 5.74. The van der Waals surface area contributed by atoms with E-state index in [2.05, 4.69) is 29.0 Å². The third kappa shape index (κ3) is 4.57. The molecule has 2 fully saturated rings. The zero-order chi connectivity index (χ0) is 12.1. The normalized spacial score (nSPS) is 25.1. The van der Waals surface area contributed by atoms with Crippen LogP contribution in [0.3, 0.4) is 0 Å². The van der Waals surface area contributed by atoms with Gasteiger partial charge in [0.25, 0.3) is 0 Å². The molecule has 1 saturated carbocycles. The Balaban J connectivity index is 1.57. The Morgan fingerprint density at radius 1 is 1.18 bits per heavy atom. The second-order valence-electron chi connectivity index (χ2n) is 5.74. The van der Waals surface area contributed by atoms with E-state index in [9.17, 15) is 0 Å². The predicted molar refractivity (Wildman–Crippen MR) is 73.4 cm³/mol. The second kappa shape index (κ2) is 6.72. The Hall–Kier alpha value is -0.120. The van der Waals surface area contributed by atoms with Crippen LogP contribution in [-0.4, -0.2) is 61.2 Å². The van der Waals surface area contributed by atoms with E-state index in [-0.39, 0.29) is 0 Å². The molecular formula is C14H29N3. The van der Waals surface area contributed by atoms with Crippen molar-refractivity contribution in [2.75, 3.05) is 39.3 Å². The minimum absolute atomic E-state index is 0.755. The van der Waals surface area contributed by atoms with Crippen LogP contribution in [0.15, 0.2) is 0 Å². The van der Waals surface area contributed by atoms with Crippen molar-refractivity contribution < 1.29 is 0 Å². The molecule has 1 heterocycles. The van der Waals surface area contributed by atoms with Gasteiger partial charge in [0.2, 0.25) is 0 Å². The lowest BCUT2D eigenvalue weighted by Gasteiger charge is -2.38. The first-order valence-electron chi connectivity index (χ1n) is 7.49. The molecule has 0 bridgehead atoms. The van der Waals surface area contributed by atoms with Crippen molar-refractivity contribution in [1.82, 2.24) is 15.1 Å². The Kier molecular flexibility index (Phi) is 5.26. The quantitative estimate of drug-likeness (QED) is 0.727. The fraction of sp³-hybridized carbons (Fsp3) is 1.00. The highest BCUT2D eigenvalue weighted by Gasteiger charge is 2.22. The summed E-state index contributed by atoms with van der Waals surface area (Å²) in [5.74, 6) is 0. The maximum atomic E-state index is 3.62. The van der Waals surface area contributed by atoms with Crippen LogP contribution < -0.4 is 5.32 Å². The third-order valence-electron chi connectivity index (χ3n) is 4.14. The molecule has 2 aliphatic rings. The molecule has 0 amide bonds. The molecule has 17 heavy (non-hydrogen) atoms. The average Bonchev–Trinajstić information content (AvgIpc) is 3.14. The third-order valence-corrected chi connectivity index (χ3v) is 4.14. The molecule has 0 spiro atoms. The molecule has 100 valence electrons. The average molecular weight is 239 g/mol. The van der Waals surface area contributed by atoms with Gasteiger partial charge < -0.3 is 10.2 Å². The number of nitrogens with zero attached hydrogens (tertiary/aromatic N) is 2. The van der Waals surface area contributed by atoms with E-state index in [1.54, 1.807) is 0 Å². The van der Waals surface area contributed by atoms with E-state index in [0.29, 0.717) is 0 Å². The first kappa shape index (κ1) is 13.3. The molecule has 1 saturated heterocycles. The minimum atomic E-state index is 0.755. The first-order valence-corrected chi connectivity index (χ1v) is 7.49. The Morgan fingerprint density at radius 2 is 1.88 bits per heavy atom. The van der Waals surface area contributed by atoms with Crippen LogP contribution >= 0.6 is 0 Å². The summed E-state index contributed by atoms with van der Waals surface area (Å²) in [5, 5.41) is 3.62. The largest absolute Gasteiger partial charge is 0.314 e. The van der Waals surface area contributed by atoms with E-state index in [1.807, 2.05) is 0 Å². The highest BCUT2D eigenvalue weighted by Crippen LogP contribution is 2.18. The van der Waals surface area contributed by atoms with Crippen molar-refractivity contribution in [3.8, 4) is 0 Å². The van der Waals surface area contributed by atoms with Crippen molar-refractivity contribution in [2.24, 2.45) is 0 Å². The van der Waals surface area contributed by atoms with Gasteiger partial charge in [-0.05, 0) is 45.7 Å². The molecule has 1 unspecified atom stereocenters. The van der Waals surface area contributed by atoms with Gasteiger partial charge in [0, 0.05) is 38.3 Å². The smallest absolute Gasteiger partial charge is 0.0113 e. The maximum Gasteiger partial charge on any atom is 0.0113 e. The summed E-state index contributed by atoms with van der Waals surface area (Å²) in [5.41, 5.74) is 0. The molecule has 0 radical (unpaired) electrons. The van der Waals surface area contributed by atoms with Gasteiger partial charge >= 0.3 is 0 Å². The van der Waals surface area contributed by atoms with Crippen LogP contribution in [0.5, 0.6) is 0 Å².